The minimum Gasteiger partial charge on any atom is -0.481 e. The Bertz CT molecular complexity index is 227. The van der Waals surface area contributed by atoms with Crippen molar-refractivity contribution in [2.24, 2.45) is 0 Å². The highest BCUT2D eigenvalue weighted by Gasteiger charge is 2.04. The van der Waals surface area contributed by atoms with Gasteiger partial charge in [0.15, 0.2) is 0 Å². The first kappa shape index (κ1) is 16.9. The molecule has 0 spiro atoms. The van der Waals surface area contributed by atoms with Crippen molar-refractivity contribution in [1.29, 1.82) is 0 Å². The van der Waals surface area contributed by atoms with Gasteiger partial charge in [0.25, 0.3) is 0 Å². The molecule has 0 radical (unpaired) electrons. The third kappa shape index (κ3) is 13.0. The normalized spacial score (nSPS) is 10.3. The first-order valence-electron chi connectivity index (χ1n) is 6.62. The van der Waals surface area contributed by atoms with Crippen molar-refractivity contribution >= 4 is 11.9 Å². The van der Waals surface area contributed by atoms with Gasteiger partial charge in [-0.2, -0.15) is 0 Å². The van der Waals surface area contributed by atoms with Crippen LogP contribution in [0.4, 0.5) is 0 Å². The molecule has 0 amide bonds. The largest absolute Gasteiger partial charge is 0.481 e. The van der Waals surface area contributed by atoms with Crippen LogP contribution < -0.4 is 0 Å². The van der Waals surface area contributed by atoms with E-state index in [4.69, 9.17) is 14.6 Å². The summed E-state index contributed by atoms with van der Waals surface area (Å²) in [6.07, 6.45) is 5.12. The molecule has 0 aromatic carbocycles. The molecule has 0 aliphatic heterocycles. The number of carbonyl (C=O) groups excluding carboxylic acids is 1. The van der Waals surface area contributed by atoms with Crippen LogP contribution in [0.2, 0.25) is 0 Å². The number of ether oxygens (including phenoxy) is 2. The maximum atomic E-state index is 11.1. The lowest BCUT2D eigenvalue weighted by Gasteiger charge is -2.05. The highest BCUT2D eigenvalue weighted by atomic mass is 16.6. The number of unbranched alkanes of at least 4 members (excludes halogenated alkanes) is 3. The zero-order valence-electron chi connectivity index (χ0n) is 11.2. The van der Waals surface area contributed by atoms with Gasteiger partial charge in [0.2, 0.25) is 0 Å². The van der Waals surface area contributed by atoms with E-state index in [0.717, 1.165) is 6.42 Å². The van der Waals surface area contributed by atoms with Crippen LogP contribution in [-0.2, 0) is 19.1 Å². The van der Waals surface area contributed by atoms with E-state index in [2.05, 4.69) is 6.92 Å². The van der Waals surface area contributed by atoms with E-state index < -0.39 is 5.97 Å². The summed E-state index contributed by atoms with van der Waals surface area (Å²) in [5.74, 6) is -1.25. The Morgan fingerprint density at radius 1 is 0.944 bits per heavy atom. The van der Waals surface area contributed by atoms with Crippen LogP contribution in [-0.4, -0.2) is 36.9 Å². The highest BCUT2D eigenvalue weighted by Crippen LogP contribution is 1.99. The lowest BCUT2D eigenvalue weighted by Crippen LogP contribution is -2.11. The van der Waals surface area contributed by atoms with E-state index in [-0.39, 0.29) is 25.4 Å². The Labute approximate surface area is 108 Å². The van der Waals surface area contributed by atoms with E-state index in [9.17, 15) is 9.59 Å². The Morgan fingerprint density at radius 3 is 2.39 bits per heavy atom. The molecular formula is C13H24O5. The monoisotopic (exact) mass is 260 g/mol. The molecule has 5 nitrogen and oxygen atoms in total. The van der Waals surface area contributed by atoms with Crippen LogP contribution >= 0.6 is 0 Å². The zero-order valence-corrected chi connectivity index (χ0v) is 11.2. The van der Waals surface area contributed by atoms with Crippen molar-refractivity contribution < 1.29 is 24.2 Å². The lowest BCUT2D eigenvalue weighted by molar-refractivity contribution is -0.145. The molecule has 0 unspecified atom stereocenters. The van der Waals surface area contributed by atoms with Crippen LogP contribution in [0.5, 0.6) is 0 Å². The molecule has 106 valence electrons. The number of carboxylic acids is 1. The molecule has 0 rings (SSSR count). The third-order valence-corrected chi connectivity index (χ3v) is 2.40. The van der Waals surface area contributed by atoms with Gasteiger partial charge >= 0.3 is 11.9 Å². The van der Waals surface area contributed by atoms with Crippen molar-refractivity contribution in [1.82, 2.24) is 0 Å². The van der Waals surface area contributed by atoms with Gasteiger partial charge in [0.1, 0.15) is 6.61 Å². The average molecular weight is 260 g/mol. The summed E-state index contributed by atoms with van der Waals surface area (Å²) in [6.45, 7) is 3.53. The Morgan fingerprint density at radius 2 is 1.72 bits per heavy atom. The summed E-state index contributed by atoms with van der Waals surface area (Å²) in [5.41, 5.74) is 0. The number of aliphatic carboxylic acids is 1. The van der Waals surface area contributed by atoms with Crippen molar-refractivity contribution in [3.8, 4) is 0 Å². The molecule has 0 aromatic heterocycles. The van der Waals surface area contributed by atoms with Gasteiger partial charge in [-0.15, -0.1) is 0 Å². The van der Waals surface area contributed by atoms with Gasteiger partial charge in [-0.1, -0.05) is 26.2 Å². The quantitative estimate of drug-likeness (QED) is 0.431. The van der Waals surface area contributed by atoms with E-state index in [1.165, 1.54) is 19.3 Å². The van der Waals surface area contributed by atoms with Gasteiger partial charge in [-0.25, -0.2) is 0 Å². The molecular weight excluding hydrogens is 236 g/mol. The molecule has 0 aromatic rings. The number of carbonyl (C=O) groups is 2. The topological polar surface area (TPSA) is 72.8 Å². The first-order valence-corrected chi connectivity index (χ1v) is 6.62. The van der Waals surface area contributed by atoms with Gasteiger partial charge in [0, 0.05) is 19.4 Å². The van der Waals surface area contributed by atoms with Crippen LogP contribution in [0, 0.1) is 0 Å². The van der Waals surface area contributed by atoms with Gasteiger partial charge in [0.05, 0.1) is 6.61 Å². The smallest absolute Gasteiger partial charge is 0.305 e. The highest BCUT2D eigenvalue weighted by molar-refractivity contribution is 5.71. The number of esters is 1. The predicted octanol–water partition coefficient (Wildman–Crippen LogP) is 2.38. The van der Waals surface area contributed by atoms with E-state index >= 15 is 0 Å². The van der Waals surface area contributed by atoms with Crippen molar-refractivity contribution in [2.75, 3.05) is 19.8 Å². The lowest BCUT2D eigenvalue weighted by atomic mass is 10.2. The number of rotatable bonds is 12. The summed E-state index contributed by atoms with van der Waals surface area (Å²) in [4.78, 5) is 21.3. The fourth-order valence-corrected chi connectivity index (χ4v) is 1.40. The van der Waals surface area contributed by atoms with Crippen LogP contribution in [0.15, 0.2) is 0 Å². The van der Waals surface area contributed by atoms with E-state index in [1.807, 2.05) is 0 Å². The molecule has 0 atom stereocenters. The van der Waals surface area contributed by atoms with E-state index in [0.29, 0.717) is 19.6 Å². The standard InChI is InChI=1S/C13H24O5/c1-2-3-4-5-9-17-10-11-18-13(16)8-6-7-12(14)15/h2-11H2,1H3,(H,14,15). The second kappa shape index (κ2) is 12.4. The molecule has 5 heteroatoms. The second-order valence-electron chi connectivity index (χ2n) is 4.14. The second-order valence-corrected chi connectivity index (χ2v) is 4.14. The number of hydrogen-bond donors (Lipinski definition) is 1. The molecule has 1 N–H and O–H groups in total. The van der Waals surface area contributed by atoms with Crippen LogP contribution in [0.3, 0.4) is 0 Å². The molecule has 0 bridgehead atoms. The number of hydrogen-bond acceptors (Lipinski definition) is 4. The third-order valence-electron chi connectivity index (χ3n) is 2.40. The minimum atomic E-state index is -0.891. The summed E-state index contributed by atoms with van der Waals surface area (Å²) in [6, 6.07) is 0. The van der Waals surface area contributed by atoms with Gasteiger partial charge in [-0.3, -0.25) is 9.59 Å². The van der Waals surface area contributed by atoms with Gasteiger partial charge < -0.3 is 14.6 Å². The Hall–Kier alpha value is -1.10. The number of carboxylic acid groups (broad SMARTS) is 1. The molecule has 18 heavy (non-hydrogen) atoms. The summed E-state index contributed by atoms with van der Waals surface area (Å²) < 4.78 is 10.2. The fourth-order valence-electron chi connectivity index (χ4n) is 1.40. The first-order chi connectivity index (χ1) is 8.66. The van der Waals surface area contributed by atoms with Crippen LogP contribution in [0.1, 0.15) is 51.9 Å². The minimum absolute atomic E-state index is 0.00300. The molecule has 0 saturated heterocycles. The maximum Gasteiger partial charge on any atom is 0.305 e. The molecule has 0 aliphatic rings. The van der Waals surface area contributed by atoms with Crippen molar-refractivity contribution in [3.63, 3.8) is 0 Å². The maximum absolute atomic E-state index is 11.1. The van der Waals surface area contributed by atoms with Crippen LogP contribution in [0.25, 0.3) is 0 Å². The van der Waals surface area contributed by atoms with Crippen molar-refractivity contribution in [2.45, 2.75) is 51.9 Å². The Kier molecular flexibility index (Phi) is 11.6. The molecule has 0 aliphatic carbocycles. The van der Waals surface area contributed by atoms with Crippen molar-refractivity contribution in [3.05, 3.63) is 0 Å². The molecule has 0 heterocycles. The summed E-state index contributed by atoms with van der Waals surface area (Å²) in [7, 11) is 0. The zero-order chi connectivity index (χ0) is 13.6. The Balaban J connectivity index is 3.17. The fraction of sp³-hybridized carbons (Fsp3) is 0.846. The average Bonchev–Trinajstić information content (AvgIpc) is 2.32. The summed E-state index contributed by atoms with van der Waals surface area (Å²) in [5, 5.41) is 8.39. The molecule has 0 fully saturated rings. The molecule has 0 saturated carbocycles. The van der Waals surface area contributed by atoms with Gasteiger partial charge in [-0.05, 0) is 12.8 Å². The van der Waals surface area contributed by atoms with E-state index in [1.54, 1.807) is 0 Å². The summed E-state index contributed by atoms with van der Waals surface area (Å²) >= 11 is 0. The SMILES string of the molecule is CCCCCCOCCOC(=O)CCCC(=O)O. The predicted molar refractivity (Wildman–Crippen MR) is 67.4 cm³/mol.